The van der Waals surface area contributed by atoms with Crippen LogP contribution in [0.3, 0.4) is 0 Å². The fourth-order valence-corrected chi connectivity index (χ4v) is 5.63. The highest BCUT2D eigenvalue weighted by Gasteiger charge is 2.32. The van der Waals surface area contributed by atoms with E-state index >= 15 is 0 Å². The smallest absolute Gasteiger partial charge is 0.264 e. The fraction of sp³-hybridized carbons (Fsp3) is 0.259. The van der Waals surface area contributed by atoms with Crippen molar-refractivity contribution < 1.29 is 18.0 Å². The normalized spacial score (nSPS) is 12.2. The Hall–Kier alpha value is -2.78. The molecule has 0 radical (unpaired) electrons. The molecule has 0 aliphatic rings. The number of sulfonamides is 1. The van der Waals surface area contributed by atoms with Crippen molar-refractivity contribution in [2.45, 2.75) is 44.3 Å². The maximum absolute atomic E-state index is 13.8. The minimum Gasteiger partial charge on any atom is -0.352 e. The number of nitrogens with zero attached hydrogens (tertiary/aromatic N) is 2. The average Bonchev–Trinajstić information content (AvgIpc) is 2.87. The minimum absolute atomic E-state index is 0.00280. The molecule has 0 bridgehead atoms. The van der Waals surface area contributed by atoms with Crippen molar-refractivity contribution >= 4 is 62.3 Å². The van der Waals surface area contributed by atoms with Crippen LogP contribution in [0.4, 0.5) is 5.69 Å². The second-order valence-corrected chi connectivity index (χ2v) is 12.0. The first-order valence-electron chi connectivity index (χ1n) is 11.8. The van der Waals surface area contributed by atoms with Crippen molar-refractivity contribution in [1.29, 1.82) is 0 Å². The van der Waals surface area contributed by atoms with Gasteiger partial charge >= 0.3 is 0 Å². The highest BCUT2D eigenvalue weighted by molar-refractivity contribution is 7.92. The van der Waals surface area contributed by atoms with Crippen LogP contribution in [0.5, 0.6) is 0 Å². The Morgan fingerprint density at radius 1 is 0.868 bits per heavy atom. The molecular weight excluding hydrogens is 569 g/mol. The molecule has 3 rings (SSSR count). The van der Waals surface area contributed by atoms with Gasteiger partial charge in [0.05, 0.1) is 20.6 Å². The number of benzene rings is 3. The molecule has 7 nitrogen and oxygen atoms in total. The number of hydrogen-bond acceptors (Lipinski definition) is 4. The van der Waals surface area contributed by atoms with Crippen molar-refractivity contribution in [1.82, 2.24) is 10.2 Å². The van der Waals surface area contributed by atoms with Gasteiger partial charge in [-0.15, -0.1) is 0 Å². The van der Waals surface area contributed by atoms with Gasteiger partial charge < -0.3 is 10.2 Å². The van der Waals surface area contributed by atoms with Gasteiger partial charge in [-0.3, -0.25) is 13.9 Å². The zero-order chi connectivity index (χ0) is 28.0. The van der Waals surface area contributed by atoms with E-state index in [-0.39, 0.29) is 29.1 Å². The van der Waals surface area contributed by atoms with Crippen LogP contribution < -0.4 is 9.62 Å². The Bertz CT molecular complexity index is 1400. The molecule has 0 saturated carbocycles. The molecule has 0 heterocycles. The molecule has 0 fully saturated rings. The third kappa shape index (κ3) is 7.41. The summed E-state index contributed by atoms with van der Waals surface area (Å²) in [6, 6.07) is 17.8. The van der Waals surface area contributed by atoms with Gasteiger partial charge in [-0.25, -0.2) is 8.42 Å². The van der Waals surface area contributed by atoms with E-state index in [1.165, 1.54) is 23.1 Å². The molecule has 0 saturated heterocycles. The summed E-state index contributed by atoms with van der Waals surface area (Å²) in [7, 11) is -4.16. The summed E-state index contributed by atoms with van der Waals surface area (Å²) >= 11 is 18.4. The zero-order valence-electron chi connectivity index (χ0n) is 21.1. The minimum atomic E-state index is -4.16. The van der Waals surface area contributed by atoms with E-state index in [1.54, 1.807) is 61.5 Å². The molecule has 0 aromatic heterocycles. The lowest BCUT2D eigenvalue weighted by Crippen LogP contribution is -2.52. The number of amides is 2. The van der Waals surface area contributed by atoms with E-state index in [9.17, 15) is 18.0 Å². The summed E-state index contributed by atoms with van der Waals surface area (Å²) < 4.78 is 28.4. The van der Waals surface area contributed by atoms with Crippen LogP contribution in [-0.4, -0.2) is 43.8 Å². The van der Waals surface area contributed by atoms with Gasteiger partial charge in [0.2, 0.25) is 11.8 Å². The van der Waals surface area contributed by atoms with E-state index in [1.807, 2.05) is 13.8 Å². The molecule has 11 heteroatoms. The first kappa shape index (κ1) is 29.8. The molecule has 0 aliphatic heterocycles. The Labute approximate surface area is 238 Å². The molecule has 1 atom stereocenters. The van der Waals surface area contributed by atoms with Crippen molar-refractivity contribution in [3.8, 4) is 0 Å². The van der Waals surface area contributed by atoms with Crippen LogP contribution in [-0.2, 0) is 26.2 Å². The van der Waals surface area contributed by atoms with Gasteiger partial charge in [0, 0.05) is 17.6 Å². The van der Waals surface area contributed by atoms with Crippen molar-refractivity contribution in [3.05, 3.63) is 93.4 Å². The quantitative estimate of drug-likeness (QED) is 0.321. The Balaban J connectivity index is 2.03. The van der Waals surface area contributed by atoms with E-state index in [0.29, 0.717) is 20.6 Å². The van der Waals surface area contributed by atoms with Gasteiger partial charge in [0.1, 0.15) is 12.6 Å². The first-order valence-corrected chi connectivity index (χ1v) is 14.3. The van der Waals surface area contributed by atoms with Gasteiger partial charge in [0.15, 0.2) is 0 Å². The lowest BCUT2D eigenvalue weighted by Gasteiger charge is -2.32. The summed E-state index contributed by atoms with van der Waals surface area (Å²) in [4.78, 5) is 28.1. The largest absolute Gasteiger partial charge is 0.352 e. The maximum Gasteiger partial charge on any atom is 0.264 e. The van der Waals surface area contributed by atoms with Crippen LogP contribution in [0, 0.1) is 0 Å². The highest BCUT2D eigenvalue weighted by Crippen LogP contribution is 2.27. The second kappa shape index (κ2) is 12.8. The number of carbonyl (C=O) groups excluding carboxylic acids is 2. The molecule has 0 aliphatic carbocycles. The van der Waals surface area contributed by atoms with E-state index in [0.717, 1.165) is 4.31 Å². The lowest BCUT2D eigenvalue weighted by molar-refractivity contribution is -0.139. The van der Waals surface area contributed by atoms with E-state index in [2.05, 4.69) is 5.32 Å². The third-order valence-electron chi connectivity index (χ3n) is 5.64. The zero-order valence-corrected chi connectivity index (χ0v) is 24.2. The molecule has 3 aromatic carbocycles. The topological polar surface area (TPSA) is 86.8 Å². The third-order valence-corrected chi connectivity index (χ3v) is 8.40. The Morgan fingerprint density at radius 2 is 1.55 bits per heavy atom. The predicted octanol–water partition coefficient (Wildman–Crippen LogP) is 5.78. The molecule has 38 heavy (non-hydrogen) atoms. The van der Waals surface area contributed by atoms with E-state index in [4.69, 9.17) is 34.8 Å². The van der Waals surface area contributed by atoms with Gasteiger partial charge in [-0.2, -0.15) is 0 Å². The van der Waals surface area contributed by atoms with Gasteiger partial charge in [-0.05, 0) is 68.8 Å². The van der Waals surface area contributed by atoms with Crippen molar-refractivity contribution in [2.24, 2.45) is 0 Å². The summed E-state index contributed by atoms with van der Waals surface area (Å²) in [5, 5.41) is 3.75. The van der Waals surface area contributed by atoms with Crippen LogP contribution >= 0.6 is 34.8 Å². The number of hydrogen-bond donors (Lipinski definition) is 1. The number of nitrogens with one attached hydrogen (secondary N) is 1. The highest BCUT2D eigenvalue weighted by atomic mass is 35.5. The first-order chi connectivity index (χ1) is 17.9. The monoisotopic (exact) mass is 595 g/mol. The predicted molar refractivity (Wildman–Crippen MR) is 152 cm³/mol. The van der Waals surface area contributed by atoms with Crippen LogP contribution in [0.1, 0.15) is 26.3 Å². The van der Waals surface area contributed by atoms with Crippen LogP contribution in [0.2, 0.25) is 15.1 Å². The van der Waals surface area contributed by atoms with Gasteiger partial charge in [-0.1, -0.05) is 65.1 Å². The number of halogens is 3. The summed E-state index contributed by atoms with van der Waals surface area (Å²) in [5.41, 5.74) is 0.834. The van der Waals surface area contributed by atoms with Crippen molar-refractivity contribution in [2.75, 3.05) is 10.8 Å². The van der Waals surface area contributed by atoms with Gasteiger partial charge in [0.25, 0.3) is 10.0 Å². The maximum atomic E-state index is 13.8. The Morgan fingerprint density at radius 3 is 2.16 bits per heavy atom. The van der Waals surface area contributed by atoms with Crippen LogP contribution in [0.25, 0.3) is 0 Å². The summed E-state index contributed by atoms with van der Waals surface area (Å²) in [5.74, 6) is -0.976. The average molecular weight is 597 g/mol. The van der Waals surface area contributed by atoms with E-state index < -0.39 is 28.5 Å². The molecule has 3 aromatic rings. The number of carbonyl (C=O) groups is 2. The Kier molecular flexibility index (Phi) is 10.1. The number of anilines is 1. The van der Waals surface area contributed by atoms with Crippen molar-refractivity contribution in [3.63, 3.8) is 0 Å². The molecule has 2 amide bonds. The molecular formula is C27H28Cl3N3O4S. The molecule has 1 N–H and O–H groups in total. The summed E-state index contributed by atoms with van der Waals surface area (Å²) in [6.45, 7) is 4.63. The molecule has 0 spiro atoms. The number of rotatable bonds is 10. The lowest BCUT2D eigenvalue weighted by atomic mass is 10.1. The SMILES string of the molecule is CC(C)NC(=O)C(C)N(Cc1ccc(Cl)c(Cl)c1)C(=O)CN(c1cccc(Cl)c1)S(=O)(=O)c1ccccc1. The van der Waals surface area contributed by atoms with Crippen LogP contribution in [0.15, 0.2) is 77.7 Å². The summed E-state index contributed by atoms with van der Waals surface area (Å²) in [6.07, 6.45) is 0. The standard InChI is InChI=1S/C27H28Cl3N3O4S/c1-18(2)31-27(35)19(3)32(16-20-12-13-24(29)25(30)14-20)26(34)17-33(22-9-7-8-21(28)15-22)38(36,37)23-10-5-4-6-11-23/h4-15,18-19H,16-17H2,1-3H3,(H,31,35). The second-order valence-electron chi connectivity index (χ2n) is 8.91. The fourth-order valence-electron chi connectivity index (χ4n) is 3.70. The molecule has 202 valence electrons. The molecule has 1 unspecified atom stereocenters.